The number of anilines is 3. The maximum absolute atomic E-state index is 2.61. The molecule has 2 aromatic carbocycles. The highest BCUT2D eigenvalue weighted by Crippen LogP contribution is 2.62. The van der Waals surface area contributed by atoms with Crippen molar-refractivity contribution in [3.63, 3.8) is 0 Å². The van der Waals surface area contributed by atoms with E-state index in [1.807, 2.05) is 0 Å². The summed E-state index contributed by atoms with van der Waals surface area (Å²) in [4.78, 5) is 5.13. The van der Waals surface area contributed by atoms with E-state index in [0.717, 1.165) is 6.42 Å². The first-order valence-corrected chi connectivity index (χ1v) is 9.70. The molecule has 0 amide bonds. The maximum atomic E-state index is 2.61. The second-order valence-electron chi connectivity index (χ2n) is 8.21. The first kappa shape index (κ1) is 16.5. The molecule has 2 aliphatic heterocycles. The SMILES string of the molecule is CCC[C@@]1(C)[C@@H]2N(C)c3ccccc3N2c2ccccc2C1(C)CC. The van der Waals surface area contributed by atoms with E-state index in [9.17, 15) is 0 Å². The van der Waals surface area contributed by atoms with Crippen LogP contribution in [0.2, 0.25) is 0 Å². The number of benzene rings is 2. The fourth-order valence-electron chi connectivity index (χ4n) is 5.64. The Morgan fingerprint density at radius 1 is 0.880 bits per heavy atom. The van der Waals surface area contributed by atoms with E-state index in [2.05, 4.69) is 93.1 Å². The van der Waals surface area contributed by atoms with Crippen LogP contribution in [-0.2, 0) is 5.41 Å². The molecule has 0 spiro atoms. The van der Waals surface area contributed by atoms with Crippen LogP contribution in [0.15, 0.2) is 48.5 Å². The van der Waals surface area contributed by atoms with Gasteiger partial charge in [0.15, 0.2) is 0 Å². The highest BCUT2D eigenvalue weighted by Gasteiger charge is 2.59. The van der Waals surface area contributed by atoms with Gasteiger partial charge in [0.05, 0.1) is 11.4 Å². The molecule has 1 unspecified atom stereocenters. The molecule has 0 aromatic heterocycles. The van der Waals surface area contributed by atoms with Crippen molar-refractivity contribution in [1.82, 2.24) is 0 Å². The predicted octanol–water partition coefficient (Wildman–Crippen LogP) is 6.09. The van der Waals surface area contributed by atoms with E-state index in [1.165, 1.54) is 35.5 Å². The van der Waals surface area contributed by atoms with Crippen molar-refractivity contribution in [2.24, 2.45) is 5.41 Å². The molecule has 0 saturated heterocycles. The Hall–Kier alpha value is -1.96. The molecule has 0 radical (unpaired) electrons. The van der Waals surface area contributed by atoms with Crippen LogP contribution < -0.4 is 9.80 Å². The molecule has 25 heavy (non-hydrogen) atoms. The molecule has 0 fully saturated rings. The third-order valence-corrected chi connectivity index (χ3v) is 7.20. The molecule has 0 aliphatic carbocycles. The summed E-state index contributed by atoms with van der Waals surface area (Å²) in [6.45, 7) is 9.71. The van der Waals surface area contributed by atoms with E-state index in [4.69, 9.17) is 0 Å². The molecule has 2 aliphatic rings. The Morgan fingerprint density at radius 2 is 1.48 bits per heavy atom. The zero-order chi connectivity index (χ0) is 17.8. The van der Waals surface area contributed by atoms with Crippen LogP contribution in [0.5, 0.6) is 0 Å². The Labute approximate surface area is 152 Å². The lowest BCUT2D eigenvalue weighted by atomic mass is 9.54. The summed E-state index contributed by atoms with van der Waals surface area (Å²) in [7, 11) is 2.28. The third kappa shape index (κ3) is 1.91. The van der Waals surface area contributed by atoms with Gasteiger partial charge in [0.25, 0.3) is 0 Å². The van der Waals surface area contributed by atoms with Gasteiger partial charge >= 0.3 is 0 Å². The van der Waals surface area contributed by atoms with Crippen LogP contribution in [0.25, 0.3) is 0 Å². The molecule has 0 saturated carbocycles. The molecule has 132 valence electrons. The van der Waals surface area contributed by atoms with Crippen LogP contribution in [0.4, 0.5) is 17.1 Å². The minimum Gasteiger partial charge on any atom is -0.352 e. The van der Waals surface area contributed by atoms with Gasteiger partial charge in [0.1, 0.15) is 6.17 Å². The predicted molar refractivity (Wildman–Crippen MR) is 108 cm³/mol. The summed E-state index contributed by atoms with van der Waals surface area (Å²) >= 11 is 0. The molecule has 0 N–H and O–H groups in total. The van der Waals surface area contributed by atoms with Gasteiger partial charge in [-0.15, -0.1) is 0 Å². The summed E-state index contributed by atoms with van der Waals surface area (Å²) in [5.74, 6) is 0. The molecular formula is C23H30N2. The van der Waals surface area contributed by atoms with Crippen molar-refractivity contribution in [3.05, 3.63) is 54.1 Å². The lowest BCUT2D eigenvalue weighted by Crippen LogP contribution is -2.62. The smallest absolute Gasteiger partial charge is 0.112 e. The average molecular weight is 335 g/mol. The minimum atomic E-state index is 0.164. The maximum Gasteiger partial charge on any atom is 0.112 e. The zero-order valence-electron chi connectivity index (χ0n) is 16.2. The van der Waals surface area contributed by atoms with Crippen molar-refractivity contribution in [2.75, 3.05) is 16.8 Å². The summed E-state index contributed by atoms with van der Waals surface area (Å²) in [6, 6.07) is 18.0. The lowest BCUT2D eigenvalue weighted by molar-refractivity contribution is 0.0873. The summed E-state index contributed by atoms with van der Waals surface area (Å²) in [5, 5.41) is 0. The fourth-order valence-corrected chi connectivity index (χ4v) is 5.64. The quantitative estimate of drug-likeness (QED) is 0.670. The monoisotopic (exact) mass is 334 g/mol. The van der Waals surface area contributed by atoms with Crippen molar-refractivity contribution < 1.29 is 0 Å². The normalized spacial score (nSPS) is 30.0. The molecular weight excluding hydrogens is 304 g/mol. The van der Waals surface area contributed by atoms with Crippen molar-refractivity contribution in [3.8, 4) is 0 Å². The van der Waals surface area contributed by atoms with Crippen LogP contribution in [0.1, 0.15) is 52.5 Å². The van der Waals surface area contributed by atoms with E-state index in [-0.39, 0.29) is 10.8 Å². The summed E-state index contributed by atoms with van der Waals surface area (Å²) in [5.41, 5.74) is 5.94. The molecule has 2 heteroatoms. The van der Waals surface area contributed by atoms with Gasteiger partial charge in [-0.25, -0.2) is 0 Å². The van der Waals surface area contributed by atoms with Gasteiger partial charge in [0, 0.05) is 23.6 Å². The number of para-hydroxylation sites is 3. The van der Waals surface area contributed by atoms with Gasteiger partial charge in [-0.05, 0) is 36.6 Å². The van der Waals surface area contributed by atoms with Crippen LogP contribution in [-0.4, -0.2) is 13.2 Å². The first-order chi connectivity index (χ1) is 12.0. The Bertz CT molecular complexity index is 798. The highest BCUT2D eigenvalue weighted by atomic mass is 15.4. The summed E-state index contributed by atoms with van der Waals surface area (Å²) < 4.78 is 0. The third-order valence-electron chi connectivity index (χ3n) is 7.20. The first-order valence-electron chi connectivity index (χ1n) is 9.70. The second-order valence-corrected chi connectivity index (χ2v) is 8.21. The number of rotatable bonds is 3. The lowest BCUT2D eigenvalue weighted by Gasteiger charge is -2.59. The highest BCUT2D eigenvalue weighted by molar-refractivity contribution is 5.86. The standard InChI is InChI=1S/C23H30N2/c1-6-16-23(4)21-24(5)19-14-10-11-15-20(19)25(21)18-13-9-8-12-17(18)22(23,3)7-2/h8-15,21H,6-7,16H2,1-5H3/t21-,22?,23+/m1/s1. The molecule has 0 bridgehead atoms. The van der Waals surface area contributed by atoms with Gasteiger partial charge in [-0.2, -0.15) is 0 Å². The van der Waals surface area contributed by atoms with Gasteiger partial charge in [-0.1, -0.05) is 64.4 Å². The van der Waals surface area contributed by atoms with E-state index < -0.39 is 0 Å². The molecule has 2 heterocycles. The Kier molecular flexibility index (Phi) is 3.64. The van der Waals surface area contributed by atoms with Crippen molar-refractivity contribution in [2.45, 2.75) is 58.5 Å². The number of hydrogen-bond donors (Lipinski definition) is 0. The fraction of sp³-hybridized carbons (Fsp3) is 0.478. The van der Waals surface area contributed by atoms with Gasteiger partial charge in [0.2, 0.25) is 0 Å². The van der Waals surface area contributed by atoms with E-state index >= 15 is 0 Å². The van der Waals surface area contributed by atoms with Crippen molar-refractivity contribution in [1.29, 1.82) is 0 Å². The van der Waals surface area contributed by atoms with Crippen LogP contribution >= 0.6 is 0 Å². The zero-order valence-corrected chi connectivity index (χ0v) is 16.2. The number of nitrogens with zero attached hydrogens (tertiary/aromatic N) is 2. The largest absolute Gasteiger partial charge is 0.352 e. The molecule has 2 nitrogen and oxygen atoms in total. The number of fused-ring (bicyclic) bond motifs is 5. The van der Waals surface area contributed by atoms with Gasteiger partial charge in [-0.3, -0.25) is 0 Å². The van der Waals surface area contributed by atoms with E-state index in [1.54, 1.807) is 0 Å². The number of hydrogen-bond acceptors (Lipinski definition) is 2. The minimum absolute atomic E-state index is 0.164. The molecule has 4 rings (SSSR count). The topological polar surface area (TPSA) is 6.48 Å². The van der Waals surface area contributed by atoms with Crippen LogP contribution in [0, 0.1) is 5.41 Å². The molecule has 2 aromatic rings. The molecule has 3 atom stereocenters. The summed E-state index contributed by atoms with van der Waals surface area (Å²) in [6.07, 6.45) is 3.97. The van der Waals surface area contributed by atoms with Gasteiger partial charge < -0.3 is 9.80 Å². The Morgan fingerprint density at radius 3 is 2.12 bits per heavy atom. The Balaban J connectivity index is 2.04. The van der Waals surface area contributed by atoms with E-state index in [0.29, 0.717) is 6.17 Å². The van der Waals surface area contributed by atoms with Crippen molar-refractivity contribution >= 4 is 17.1 Å². The van der Waals surface area contributed by atoms with Crippen LogP contribution in [0.3, 0.4) is 0 Å². The second kappa shape index (κ2) is 5.52. The average Bonchev–Trinajstić information content (AvgIpc) is 2.94.